The molecule has 1 atom stereocenters. The predicted molar refractivity (Wildman–Crippen MR) is 90.5 cm³/mol. The van der Waals surface area contributed by atoms with Crippen molar-refractivity contribution >= 4 is 21.8 Å². The van der Waals surface area contributed by atoms with E-state index in [4.69, 9.17) is 4.74 Å². The lowest BCUT2D eigenvalue weighted by Gasteiger charge is -2.12. The summed E-state index contributed by atoms with van der Waals surface area (Å²) in [6.07, 6.45) is -0.632. The number of phenols is 1. The Kier molecular flexibility index (Phi) is 6.01. The fraction of sp³-hybridized carbons (Fsp3) is 0.235. The van der Waals surface area contributed by atoms with E-state index in [2.05, 4.69) is 21.2 Å². The van der Waals surface area contributed by atoms with Crippen molar-refractivity contribution < 1.29 is 19.7 Å². The summed E-state index contributed by atoms with van der Waals surface area (Å²) >= 11 is 3.31. The van der Waals surface area contributed by atoms with Gasteiger partial charge in [-0.05, 0) is 41.8 Å². The molecule has 0 saturated carbocycles. The first kappa shape index (κ1) is 17.3. The van der Waals surface area contributed by atoms with Crippen LogP contribution in [0, 0.1) is 0 Å². The summed E-state index contributed by atoms with van der Waals surface area (Å²) in [4.78, 5) is 12.0. The molecule has 1 amide bonds. The van der Waals surface area contributed by atoms with Crippen LogP contribution in [0.5, 0.6) is 11.5 Å². The van der Waals surface area contributed by atoms with E-state index in [1.165, 1.54) is 7.11 Å². The van der Waals surface area contributed by atoms with Crippen LogP contribution in [0.25, 0.3) is 0 Å². The summed E-state index contributed by atoms with van der Waals surface area (Å²) < 4.78 is 5.92. The number of methoxy groups -OCH3 is 1. The zero-order chi connectivity index (χ0) is 16.8. The van der Waals surface area contributed by atoms with Crippen LogP contribution in [0.4, 0.5) is 0 Å². The number of halogens is 1. The Morgan fingerprint density at radius 2 is 1.96 bits per heavy atom. The van der Waals surface area contributed by atoms with Gasteiger partial charge >= 0.3 is 0 Å². The molecular weight excluding hydrogens is 362 g/mol. The highest BCUT2D eigenvalue weighted by Crippen LogP contribution is 2.26. The normalized spacial score (nSPS) is 11.8. The Labute approximate surface area is 143 Å². The van der Waals surface area contributed by atoms with Crippen molar-refractivity contribution in [1.82, 2.24) is 5.32 Å². The predicted octanol–water partition coefficient (Wildman–Crippen LogP) is 2.56. The SMILES string of the molecule is COc1cc(CCNC(=O)[C@H](O)c2ccc(Br)cc2)ccc1O. The summed E-state index contributed by atoms with van der Waals surface area (Å²) in [7, 11) is 1.48. The molecule has 0 aromatic heterocycles. The highest BCUT2D eigenvalue weighted by molar-refractivity contribution is 9.10. The molecule has 3 N–H and O–H groups in total. The van der Waals surface area contributed by atoms with E-state index in [1.54, 1.807) is 42.5 Å². The minimum absolute atomic E-state index is 0.0750. The largest absolute Gasteiger partial charge is 0.504 e. The summed E-state index contributed by atoms with van der Waals surface area (Å²) in [5, 5.41) is 22.2. The number of carbonyl (C=O) groups is 1. The summed E-state index contributed by atoms with van der Waals surface area (Å²) in [6.45, 7) is 0.375. The zero-order valence-electron chi connectivity index (χ0n) is 12.6. The van der Waals surface area contributed by atoms with E-state index in [1.807, 2.05) is 0 Å². The maximum absolute atomic E-state index is 12.0. The molecule has 0 aliphatic carbocycles. The number of ether oxygens (including phenoxy) is 1. The standard InChI is InChI=1S/C17H18BrNO4/c1-23-15-10-11(2-7-14(15)20)8-9-19-17(22)16(21)12-3-5-13(18)6-4-12/h2-7,10,16,20-21H,8-9H2,1H3,(H,19,22)/t16-/m1/s1. The molecule has 0 aliphatic heterocycles. The van der Waals surface area contributed by atoms with E-state index < -0.39 is 12.0 Å². The number of carbonyl (C=O) groups excluding carboxylic acids is 1. The van der Waals surface area contributed by atoms with Crippen molar-refractivity contribution in [2.45, 2.75) is 12.5 Å². The van der Waals surface area contributed by atoms with Crippen molar-refractivity contribution in [2.75, 3.05) is 13.7 Å². The molecule has 2 rings (SSSR count). The number of aliphatic hydroxyl groups is 1. The van der Waals surface area contributed by atoms with Crippen molar-refractivity contribution in [3.05, 3.63) is 58.1 Å². The van der Waals surface area contributed by atoms with Crippen molar-refractivity contribution in [2.24, 2.45) is 0 Å². The maximum atomic E-state index is 12.0. The number of amides is 1. The van der Waals surface area contributed by atoms with Crippen LogP contribution in [0.15, 0.2) is 46.9 Å². The third kappa shape index (κ3) is 4.71. The molecule has 5 nitrogen and oxygen atoms in total. The Bertz CT molecular complexity index is 673. The number of hydrogen-bond donors (Lipinski definition) is 3. The van der Waals surface area contributed by atoms with Crippen molar-refractivity contribution in [3.8, 4) is 11.5 Å². The van der Waals surface area contributed by atoms with E-state index in [0.29, 0.717) is 24.3 Å². The summed E-state index contributed by atoms with van der Waals surface area (Å²) in [5.41, 5.74) is 1.45. The first-order valence-electron chi connectivity index (χ1n) is 7.08. The fourth-order valence-electron chi connectivity index (χ4n) is 2.10. The lowest BCUT2D eigenvalue weighted by Crippen LogP contribution is -2.30. The number of benzene rings is 2. The topological polar surface area (TPSA) is 78.8 Å². The van der Waals surface area contributed by atoms with Crippen LogP contribution in [-0.2, 0) is 11.2 Å². The molecule has 0 aliphatic rings. The molecule has 2 aromatic rings. The number of hydrogen-bond acceptors (Lipinski definition) is 4. The molecule has 0 radical (unpaired) electrons. The van der Waals surface area contributed by atoms with Gasteiger partial charge in [0.1, 0.15) is 0 Å². The lowest BCUT2D eigenvalue weighted by molar-refractivity contribution is -0.129. The van der Waals surface area contributed by atoms with Gasteiger partial charge in [-0.15, -0.1) is 0 Å². The highest BCUT2D eigenvalue weighted by Gasteiger charge is 2.16. The van der Waals surface area contributed by atoms with Crippen LogP contribution in [0.1, 0.15) is 17.2 Å². The van der Waals surface area contributed by atoms with Gasteiger partial charge in [-0.2, -0.15) is 0 Å². The molecule has 0 unspecified atom stereocenters. The van der Waals surface area contributed by atoms with Crippen molar-refractivity contribution in [3.63, 3.8) is 0 Å². The van der Waals surface area contributed by atoms with Gasteiger partial charge in [-0.3, -0.25) is 4.79 Å². The Morgan fingerprint density at radius 1 is 1.26 bits per heavy atom. The highest BCUT2D eigenvalue weighted by atomic mass is 79.9. The molecule has 23 heavy (non-hydrogen) atoms. The number of rotatable bonds is 6. The average Bonchev–Trinajstić information content (AvgIpc) is 2.56. The second-order valence-corrected chi connectivity index (χ2v) is 5.92. The van der Waals surface area contributed by atoms with E-state index in [0.717, 1.165) is 10.0 Å². The van der Waals surface area contributed by atoms with Gasteiger partial charge in [0.2, 0.25) is 0 Å². The van der Waals surface area contributed by atoms with E-state index >= 15 is 0 Å². The van der Waals surface area contributed by atoms with Gasteiger partial charge in [0.05, 0.1) is 7.11 Å². The number of aromatic hydroxyl groups is 1. The van der Waals surface area contributed by atoms with Gasteiger partial charge in [0, 0.05) is 11.0 Å². The molecule has 0 heterocycles. The second kappa shape index (κ2) is 7.99. The lowest BCUT2D eigenvalue weighted by atomic mass is 10.1. The minimum atomic E-state index is -1.20. The Balaban J connectivity index is 1.88. The third-order valence-corrected chi connectivity index (χ3v) is 3.92. The minimum Gasteiger partial charge on any atom is -0.504 e. The summed E-state index contributed by atoms with van der Waals surface area (Å²) in [5.74, 6) is 0.0211. The molecule has 6 heteroatoms. The van der Waals surface area contributed by atoms with Gasteiger partial charge in [-0.1, -0.05) is 34.1 Å². The number of aliphatic hydroxyl groups excluding tert-OH is 1. The quantitative estimate of drug-likeness (QED) is 0.720. The fourth-order valence-corrected chi connectivity index (χ4v) is 2.37. The first-order valence-corrected chi connectivity index (χ1v) is 7.87. The molecule has 122 valence electrons. The van der Waals surface area contributed by atoms with Crippen LogP contribution in [-0.4, -0.2) is 29.8 Å². The second-order valence-electron chi connectivity index (χ2n) is 5.00. The molecule has 0 fully saturated rings. The zero-order valence-corrected chi connectivity index (χ0v) is 14.2. The smallest absolute Gasteiger partial charge is 0.253 e. The molecular formula is C17H18BrNO4. The Morgan fingerprint density at radius 3 is 2.61 bits per heavy atom. The molecule has 0 bridgehead atoms. The van der Waals surface area contributed by atoms with E-state index in [-0.39, 0.29) is 5.75 Å². The van der Waals surface area contributed by atoms with Gasteiger partial charge in [0.25, 0.3) is 5.91 Å². The maximum Gasteiger partial charge on any atom is 0.253 e. The Hall–Kier alpha value is -2.05. The van der Waals surface area contributed by atoms with Gasteiger partial charge in [0.15, 0.2) is 17.6 Å². The number of nitrogens with one attached hydrogen (secondary N) is 1. The molecule has 0 spiro atoms. The van der Waals surface area contributed by atoms with Crippen molar-refractivity contribution in [1.29, 1.82) is 0 Å². The third-order valence-electron chi connectivity index (χ3n) is 3.39. The first-order chi connectivity index (χ1) is 11.0. The van der Waals surface area contributed by atoms with Gasteiger partial charge < -0.3 is 20.3 Å². The van der Waals surface area contributed by atoms with E-state index in [9.17, 15) is 15.0 Å². The van der Waals surface area contributed by atoms with Gasteiger partial charge in [-0.25, -0.2) is 0 Å². The summed E-state index contributed by atoms with van der Waals surface area (Å²) in [6, 6.07) is 12.0. The molecule has 2 aromatic carbocycles. The monoisotopic (exact) mass is 379 g/mol. The number of phenolic OH excluding ortho intramolecular Hbond substituents is 1. The van der Waals surface area contributed by atoms with Crippen LogP contribution < -0.4 is 10.1 Å². The molecule has 0 saturated heterocycles. The van der Waals surface area contributed by atoms with Crippen LogP contribution in [0.2, 0.25) is 0 Å². The van der Waals surface area contributed by atoms with Crippen LogP contribution >= 0.6 is 15.9 Å². The van der Waals surface area contributed by atoms with Crippen LogP contribution in [0.3, 0.4) is 0 Å². The average molecular weight is 380 g/mol.